The summed E-state index contributed by atoms with van der Waals surface area (Å²) in [5, 5.41) is 1.72. The fourth-order valence-electron chi connectivity index (χ4n) is 3.92. The van der Waals surface area contributed by atoms with Gasteiger partial charge in [-0.3, -0.25) is 9.69 Å². The van der Waals surface area contributed by atoms with Gasteiger partial charge in [0.05, 0.1) is 24.2 Å². The van der Waals surface area contributed by atoms with Crippen molar-refractivity contribution < 1.29 is 14.3 Å². The number of para-hydroxylation sites is 2. The van der Waals surface area contributed by atoms with Crippen LogP contribution in [-0.4, -0.2) is 23.1 Å². The average molecular weight is 576 g/mol. The lowest BCUT2D eigenvalue weighted by Crippen LogP contribution is -2.28. The second-order valence-corrected chi connectivity index (χ2v) is 10.5. The minimum atomic E-state index is -0.124. The Morgan fingerprint density at radius 3 is 2.41 bits per heavy atom. The van der Waals surface area contributed by atoms with Crippen molar-refractivity contribution in [3.8, 4) is 11.5 Å². The molecule has 5 rings (SSSR count). The molecule has 0 N–H and O–H groups in total. The van der Waals surface area contributed by atoms with Crippen molar-refractivity contribution in [3.05, 3.63) is 129 Å². The van der Waals surface area contributed by atoms with Crippen LogP contribution in [0, 0.1) is 0 Å². The number of amides is 1. The van der Waals surface area contributed by atoms with Gasteiger partial charge in [-0.1, -0.05) is 77.8 Å². The summed E-state index contributed by atoms with van der Waals surface area (Å²) < 4.78 is 11.4. The highest BCUT2D eigenvalue weighted by Crippen LogP contribution is 2.37. The minimum Gasteiger partial charge on any atom is -0.497 e. The van der Waals surface area contributed by atoms with Crippen LogP contribution in [0.2, 0.25) is 10.0 Å². The largest absolute Gasteiger partial charge is 0.497 e. The molecule has 0 bridgehead atoms. The molecule has 0 spiro atoms. The number of aliphatic imine (C=N–C) groups is 1. The molecule has 4 aromatic carbocycles. The minimum absolute atomic E-state index is 0.124. The first-order valence-corrected chi connectivity index (χ1v) is 13.7. The smallest absolute Gasteiger partial charge is 0.267 e. The molecule has 0 saturated carbocycles. The number of carbonyl (C=O) groups is 1. The second kappa shape index (κ2) is 12.4. The lowest BCUT2D eigenvalue weighted by Gasteiger charge is -2.16. The zero-order valence-corrected chi connectivity index (χ0v) is 23.3. The Kier molecular flexibility index (Phi) is 8.57. The third kappa shape index (κ3) is 6.66. The molecule has 1 fully saturated rings. The molecule has 1 aliphatic rings. The first kappa shape index (κ1) is 26.9. The molecule has 0 atom stereocenters. The Balaban J connectivity index is 1.43. The molecule has 8 heteroatoms. The summed E-state index contributed by atoms with van der Waals surface area (Å²) in [6.07, 6.45) is 1.85. The molecule has 0 aliphatic carbocycles. The lowest BCUT2D eigenvalue weighted by molar-refractivity contribution is -0.122. The van der Waals surface area contributed by atoms with Crippen molar-refractivity contribution >= 4 is 57.8 Å². The van der Waals surface area contributed by atoms with E-state index in [1.54, 1.807) is 24.1 Å². The number of thioether (sulfide) groups is 1. The van der Waals surface area contributed by atoms with Gasteiger partial charge in [0.25, 0.3) is 5.91 Å². The number of hydrogen-bond donors (Lipinski definition) is 0. The Morgan fingerprint density at radius 1 is 0.923 bits per heavy atom. The van der Waals surface area contributed by atoms with Gasteiger partial charge in [-0.25, -0.2) is 4.99 Å². The van der Waals surface area contributed by atoms with Gasteiger partial charge in [-0.05, 0) is 65.9 Å². The maximum absolute atomic E-state index is 13.7. The number of ether oxygens (including phenoxy) is 2. The van der Waals surface area contributed by atoms with E-state index in [1.807, 2.05) is 91.0 Å². The molecule has 1 saturated heterocycles. The summed E-state index contributed by atoms with van der Waals surface area (Å²) in [6.45, 7) is 0.646. The van der Waals surface area contributed by atoms with Crippen molar-refractivity contribution in [1.82, 2.24) is 4.90 Å². The van der Waals surface area contributed by atoms with Crippen LogP contribution < -0.4 is 9.47 Å². The van der Waals surface area contributed by atoms with E-state index < -0.39 is 0 Å². The van der Waals surface area contributed by atoms with Crippen LogP contribution in [0.3, 0.4) is 0 Å². The number of amidine groups is 1. The summed E-state index contributed by atoms with van der Waals surface area (Å²) in [4.78, 5) is 20.7. The predicted molar refractivity (Wildman–Crippen MR) is 160 cm³/mol. The Morgan fingerprint density at radius 2 is 1.67 bits per heavy atom. The number of hydrogen-bond acceptors (Lipinski definition) is 5. The molecule has 1 amide bonds. The molecule has 196 valence electrons. The molecule has 0 aromatic heterocycles. The Bertz CT molecular complexity index is 1540. The summed E-state index contributed by atoms with van der Waals surface area (Å²) in [6, 6.07) is 30.2. The average Bonchev–Trinajstić information content (AvgIpc) is 3.23. The van der Waals surface area contributed by atoms with E-state index in [0.29, 0.717) is 32.4 Å². The number of nitrogens with zero attached hydrogens (tertiary/aromatic N) is 2. The number of methoxy groups -OCH3 is 1. The van der Waals surface area contributed by atoms with Crippen LogP contribution in [0.4, 0.5) is 5.69 Å². The monoisotopic (exact) mass is 574 g/mol. The second-order valence-electron chi connectivity index (χ2n) is 8.64. The molecule has 0 radical (unpaired) electrons. The fourth-order valence-corrected chi connectivity index (χ4v) is 5.38. The first-order valence-electron chi connectivity index (χ1n) is 12.1. The van der Waals surface area contributed by atoms with E-state index in [0.717, 1.165) is 28.1 Å². The quantitative estimate of drug-likeness (QED) is 0.198. The number of carbonyl (C=O) groups excluding carboxylic acids is 1. The van der Waals surface area contributed by atoms with Gasteiger partial charge in [0.15, 0.2) is 5.17 Å². The lowest BCUT2D eigenvalue weighted by atomic mass is 10.1. The van der Waals surface area contributed by atoms with E-state index in [9.17, 15) is 4.79 Å². The summed E-state index contributed by atoms with van der Waals surface area (Å²) in [5.41, 5.74) is 3.34. The molecule has 4 aromatic rings. The van der Waals surface area contributed by atoms with Crippen molar-refractivity contribution in [1.29, 1.82) is 0 Å². The molecular weight excluding hydrogens is 551 g/mol. The van der Waals surface area contributed by atoms with E-state index in [4.69, 9.17) is 37.7 Å². The number of benzene rings is 4. The van der Waals surface area contributed by atoms with E-state index >= 15 is 0 Å². The molecule has 39 heavy (non-hydrogen) atoms. The van der Waals surface area contributed by atoms with E-state index in [-0.39, 0.29) is 12.5 Å². The van der Waals surface area contributed by atoms with Crippen molar-refractivity contribution in [2.75, 3.05) is 7.11 Å². The Hall–Kier alpha value is -3.71. The maximum Gasteiger partial charge on any atom is 0.267 e. The normalized spacial score (nSPS) is 15.3. The Labute approximate surface area is 241 Å². The van der Waals surface area contributed by atoms with Gasteiger partial charge in [0.1, 0.15) is 18.1 Å². The topological polar surface area (TPSA) is 51.1 Å². The van der Waals surface area contributed by atoms with Crippen LogP contribution in [0.25, 0.3) is 6.08 Å². The first-order chi connectivity index (χ1) is 19.0. The SMILES string of the molecule is COc1ccc(CN2C(=O)/C(=C/c3ccccc3OCc3ccc(Cl)cc3Cl)SC2=Nc2ccccc2)cc1. The van der Waals surface area contributed by atoms with Crippen molar-refractivity contribution in [2.24, 2.45) is 4.99 Å². The van der Waals surface area contributed by atoms with Crippen molar-refractivity contribution in [3.63, 3.8) is 0 Å². The van der Waals surface area contributed by atoms with Gasteiger partial charge in [-0.15, -0.1) is 0 Å². The summed E-state index contributed by atoms with van der Waals surface area (Å²) in [7, 11) is 1.63. The van der Waals surface area contributed by atoms with E-state index in [1.165, 1.54) is 11.8 Å². The number of rotatable bonds is 8. The van der Waals surface area contributed by atoms with Gasteiger partial charge >= 0.3 is 0 Å². The van der Waals surface area contributed by atoms with Gasteiger partial charge in [0.2, 0.25) is 0 Å². The van der Waals surface area contributed by atoms with Crippen LogP contribution in [0.5, 0.6) is 11.5 Å². The number of halogens is 2. The van der Waals surface area contributed by atoms with Crippen LogP contribution in [0.15, 0.2) is 107 Å². The zero-order chi connectivity index (χ0) is 27.2. The van der Waals surface area contributed by atoms with Crippen LogP contribution >= 0.6 is 35.0 Å². The van der Waals surface area contributed by atoms with Crippen molar-refractivity contribution in [2.45, 2.75) is 13.2 Å². The highest BCUT2D eigenvalue weighted by molar-refractivity contribution is 8.18. The highest BCUT2D eigenvalue weighted by atomic mass is 35.5. The van der Waals surface area contributed by atoms with Crippen LogP contribution in [-0.2, 0) is 17.9 Å². The molecule has 1 heterocycles. The van der Waals surface area contributed by atoms with Gasteiger partial charge < -0.3 is 9.47 Å². The fraction of sp³-hybridized carbons (Fsp3) is 0.0968. The van der Waals surface area contributed by atoms with Crippen LogP contribution in [0.1, 0.15) is 16.7 Å². The van der Waals surface area contributed by atoms with Gasteiger partial charge in [-0.2, -0.15) is 0 Å². The van der Waals surface area contributed by atoms with E-state index in [2.05, 4.69) is 0 Å². The molecule has 1 aliphatic heterocycles. The maximum atomic E-state index is 13.7. The molecular formula is C31H24Cl2N2O3S. The standard InChI is InChI=1S/C31H24Cl2N2O3S/c1-37-26-15-11-21(12-16-26)19-35-30(36)29(39-31(35)34-25-8-3-2-4-9-25)17-22-7-5-6-10-28(22)38-20-23-13-14-24(32)18-27(23)33/h2-18H,19-20H2,1H3/b29-17-,34-31?. The third-order valence-electron chi connectivity index (χ3n) is 5.97. The van der Waals surface area contributed by atoms with Gasteiger partial charge in [0, 0.05) is 21.2 Å². The summed E-state index contributed by atoms with van der Waals surface area (Å²) >= 11 is 13.7. The highest BCUT2D eigenvalue weighted by Gasteiger charge is 2.33. The predicted octanol–water partition coefficient (Wildman–Crippen LogP) is 8.39. The molecule has 5 nitrogen and oxygen atoms in total. The molecule has 0 unspecified atom stereocenters. The summed E-state index contributed by atoms with van der Waals surface area (Å²) in [5.74, 6) is 1.27. The zero-order valence-electron chi connectivity index (χ0n) is 21.0. The third-order valence-corrected chi connectivity index (χ3v) is 7.57.